The largest absolute Gasteiger partial charge is 0.478 e. The molecule has 0 bridgehead atoms. The molecule has 100 valence electrons. The zero-order valence-electron chi connectivity index (χ0n) is 10.8. The van der Waals surface area contributed by atoms with Gasteiger partial charge in [0, 0.05) is 12.7 Å². The van der Waals surface area contributed by atoms with E-state index < -0.39 is 5.97 Å². The van der Waals surface area contributed by atoms with Crippen molar-refractivity contribution in [2.75, 3.05) is 0 Å². The Morgan fingerprint density at radius 1 is 1.42 bits per heavy atom. The summed E-state index contributed by atoms with van der Waals surface area (Å²) >= 11 is 0. The minimum Gasteiger partial charge on any atom is -0.478 e. The van der Waals surface area contributed by atoms with Crippen molar-refractivity contribution in [1.29, 1.82) is 0 Å². The summed E-state index contributed by atoms with van der Waals surface area (Å²) in [4.78, 5) is 15.6. The molecule has 0 radical (unpaired) electrons. The summed E-state index contributed by atoms with van der Waals surface area (Å²) in [5, 5.41) is 13.2. The third-order valence-corrected chi connectivity index (χ3v) is 3.72. The molecule has 3 rings (SSSR count). The molecule has 2 aromatic rings. The first-order chi connectivity index (χ1) is 9.16. The Morgan fingerprint density at radius 3 is 3.00 bits per heavy atom. The van der Waals surface area contributed by atoms with E-state index in [1.54, 1.807) is 11.7 Å². The van der Waals surface area contributed by atoms with Crippen LogP contribution < -0.4 is 0 Å². The fourth-order valence-electron chi connectivity index (χ4n) is 2.66. The molecule has 0 aromatic carbocycles. The minimum atomic E-state index is -0.933. The van der Waals surface area contributed by atoms with Gasteiger partial charge in [-0.2, -0.15) is 5.10 Å². The van der Waals surface area contributed by atoms with Gasteiger partial charge in [0.1, 0.15) is 5.56 Å². The number of carboxylic acid groups (broad SMARTS) is 1. The molecular weight excluding hydrogens is 244 g/mol. The second kappa shape index (κ2) is 4.53. The quantitative estimate of drug-likeness (QED) is 0.901. The molecule has 1 aliphatic carbocycles. The minimum absolute atomic E-state index is 0.265. The molecule has 0 spiro atoms. The first-order valence-corrected chi connectivity index (χ1v) is 6.44. The number of carbonyl (C=O) groups is 1. The summed E-state index contributed by atoms with van der Waals surface area (Å²) < 4.78 is 3.68. The van der Waals surface area contributed by atoms with E-state index in [0.29, 0.717) is 12.2 Å². The molecule has 1 aliphatic rings. The maximum absolute atomic E-state index is 11.2. The van der Waals surface area contributed by atoms with Gasteiger partial charge in [-0.25, -0.2) is 9.78 Å². The van der Waals surface area contributed by atoms with E-state index in [4.69, 9.17) is 5.11 Å². The maximum atomic E-state index is 11.2. The molecule has 0 saturated heterocycles. The van der Waals surface area contributed by atoms with Crippen molar-refractivity contribution in [3.8, 4) is 0 Å². The smallest absolute Gasteiger partial charge is 0.339 e. The highest BCUT2D eigenvalue weighted by molar-refractivity contribution is 5.88. The van der Waals surface area contributed by atoms with Gasteiger partial charge in [0.2, 0.25) is 0 Å². The van der Waals surface area contributed by atoms with Crippen LogP contribution in [0.25, 0.3) is 0 Å². The topological polar surface area (TPSA) is 72.9 Å². The van der Waals surface area contributed by atoms with Gasteiger partial charge in [-0.3, -0.25) is 4.68 Å². The second-order valence-electron chi connectivity index (χ2n) is 4.91. The van der Waals surface area contributed by atoms with E-state index in [-0.39, 0.29) is 5.56 Å². The Balaban J connectivity index is 1.95. The summed E-state index contributed by atoms with van der Waals surface area (Å²) in [6.07, 6.45) is 7.64. The van der Waals surface area contributed by atoms with E-state index in [9.17, 15) is 4.79 Å². The molecular formula is C13H16N4O2. The van der Waals surface area contributed by atoms with Crippen LogP contribution in [0.5, 0.6) is 0 Å². The number of imidazole rings is 1. The van der Waals surface area contributed by atoms with Gasteiger partial charge in [0.25, 0.3) is 0 Å². The molecule has 0 fully saturated rings. The van der Waals surface area contributed by atoms with E-state index in [1.165, 1.54) is 24.7 Å². The fourth-order valence-corrected chi connectivity index (χ4v) is 2.66. The maximum Gasteiger partial charge on any atom is 0.339 e. The van der Waals surface area contributed by atoms with Crippen molar-refractivity contribution in [3.05, 3.63) is 35.2 Å². The second-order valence-corrected chi connectivity index (χ2v) is 4.91. The number of aromatic nitrogens is 4. The average Bonchev–Trinajstić information content (AvgIpc) is 2.96. The predicted octanol–water partition coefficient (Wildman–Crippen LogP) is 1.24. The summed E-state index contributed by atoms with van der Waals surface area (Å²) in [5.41, 5.74) is 3.37. The van der Waals surface area contributed by atoms with Gasteiger partial charge in [0.05, 0.1) is 30.5 Å². The summed E-state index contributed by atoms with van der Waals surface area (Å²) in [5.74, 6) is -0.933. The molecule has 1 N–H and O–H groups in total. The highest BCUT2D eigenvalue weighted by Gasteiger charge is 2.19. The van der Waals surface area contributed by atoms with E-state index in [2.05, 4.69) is 14.6 Å². The number of aryl methyl sites for hydroxylation is 2. The zero-order chi connectivity index (χ0) is 13.4. The van der Waals surface area contributed by atoms with Crippen molar-refractivity contribution >= 4 is 5.97 Å². The Bertz CT molecular complexity index is 627. The van der Waals surface area contributed by atoms with E-state index in [0.717, 1.165) is 18.5 Å². The van der Waals surface area contributed by atoms with Crippen LogP contribution in [-0.4, -0.2) is 30.4 Å². The Morgan fingerprint density at radius 2 is 2.21 bits per heavy atom. The standard InChI is InChI=1S/C13H16N4O2/c1-16-12(9(6-15-16)13(18)19)7-17-8-14-10-4-2-3-5-11(10)17/h6,8H,2-5,7H2,1H3,(H,18,19). The Labute approximate surface area is 110 Å². The highest BCUT2D eigenvalue weighted by atomic mass is 16.4. The van der Waals surface area contributed by atoms with Crippen LogP contribution in [-0.2, 0) is 26.4 Å². The van der Waals surface area contributed by atoms with Crippen LogP contribution in [0.1, 0.15) is 40.3 Å². The van der Waals surface area contributed by atoms with Gasteiger partial charge in [-0.15, -0.1) is 0 Å². The molecule has 0 saturated carbocycles. The monoisotopic (exact) mass is 260 g/mol. The summed E-state index contributed by atoms with van der Waals surface area (Å²) in [6, 6.07) is 0. The van der Waals surface area contributed by atoms with Crippen molar-refractivity contribution in [1.82, 2.24) is 19.3 Å². The summed E-state index contributed by atoms with van der Waals surface area (Å²) in [7, 11) is 1.77. The van der Waals surface area contributed by atoms with Gasteiger partial charge >= 0.3 is 5.97 Å². The number of nitrogens with zero attached hydrogens (tertiary/aromatic N) is 4. The number of rotatable bonds is 3. The summed E-state index contributed by atoms with van der Waals surface area (Å²) in [6.45, 7) is 0.514. The van der Waals surface area contributed by atoms with Crippen molar-refractivity contribution in [2.24, 2.45) is 7.05 Å². The van der Waals surface area contributed by atoms with Crippen molar-refractivity contribution in [3.63, 3.8) is 0 Å². The third kappa shape index (κ3) is 2.03. The molecule has 0 unspecified atom stereocenters. The Hall–Kier alpha value is -2.11. The van der Waals surface area contributed by atoms with Crippen molar-refractivity contribution in [2.45, 2.75) is 32.2 Å². The lowest BCUT2D eigenvalue weighted by molar-refractivity contribution is 0.0695. The normalized spacial score (nSPS) is 14.4. The lowest BCUT2D eigenvalue weighted by Crippen LogP contribution is -2.13. The van der Waals surface area contributed by atoms with Gasteiger partial charge in [-0.1, -0.05) is 0 Å². The van der Waals surface area contributed by atoms with Crippen LogP contribution in [0.2, 0.25) is 0 Å². The van der Waals surface area contributed by atoms with Crippen LogP contribution in [0.4, 0.5) is 0 Å². The van der Waals surface area contributed by atoms with Crippen molar-refractivity contribution < 1.29 is 9.90 Å². The molecule has 6 heteroatoms. The third-order valence-electron chi connectivity index (χ3n) is 3.72. The van der Waals surface area contributed by atoms with Crippen LogP contribution >= 0.6 is 0 Å². The molecule has 0 aliphatic heterocycles. The lowest BCUT2D eigenvalue weighted by Gasteiger charge is -2.14. The van der Waals surface area contributed by atoms with E-state index >= 15 is 0 Å². The van der Waals surface area contributed by atoms with E-state index in [1.807, 2.05) is 6.33 Å². The predicted molar refractivity (Wildman–Crippen MR) is 68.1 cm³/mol. The average molecular weight is 260 g/mol. The molecule has 6 nitrogen and oxygen atoms in total. The zero-order valence-corrected chi connectivity index (χ0v) is 10.8. The van der Waals surface area contributed by atoms with Gasteiger partial charge in [0.15, 0.2) is 0 Å². The van der Waals surface area contributed by atoms with Crippen LogP contribution in [0, 0.1) is 0 Å². The lowest BCUT2D eigenvalue weighted by atomic mass is 10.0. The number of carboxylic acids is 1. The molecule has 2 heterocycles. The fraction of sp³-hybridized carbons (Fsp3) is 0.462. The number of hydrogen-bond donors (Lipinski definition) is 1. The molecule has 2 aromatic heterocycles. The molecule has 0 atom stereocenters. The van der Waals surface area contributed by atoms with Crippen LogP contribution in [0.3, 0.4) is 0 Å². The number of aromatic carboxylic acids is 1. The first-order valence-electron chi connectivity index (χ1n) is 6.44. The molecule has 19 heavy (non-hydrogen) atoms. The number of fused-ring (bicyclic) bond motifs is 1. The highest BCUT2D eigenvalue weighted by Crippen LogP contribution is 2.21. The molecule has 0 amide bonds. The van der Waals surface area contributed by atoms with Gasteiger partial charge in [-0.05, 0) is 25.7 Å². The van der Waals surface area contributed by atoms with Gasteiger partial charge < -0.3 is 9.67 Å². The SMILES string of the molecule is Cn1ncc(C(=O)O)c1Cn1cnc2c1CCCC2. The number of hydrogen-bond acceptors (Lipinski definition) is 3. The first kappa shape index (κ1) is 12.0. The Kier molecular flexibility index (Phi) is 2.85. The van der Waals surface area contributed by atoms with Crippen LogP contribution in [0.15, 0.2) is 12.5 Å².